The number of halogens is 1. The van der Waals surface area contributed by atoms with Crippen LogP contribution in [-0.2, 0) is 11.2 Å². The van der Waals surface area contributed by atoms with E-state index in [0.29, 0.717) is 29.4 Å². The van der Waals surface area contributed by atoms with Crippen LogP contribution < -0.4 is 9.47 Å². The number of fused-ring (bicyclic) bond motifs is 1. The second-order valence-corrected chi connectivity index (χ2v) is 5.54. The molecule has 1 unspecified atom stereocenters. The Kier molecular flexibility index (Phi) is 4.20. The van der Waals surface area contributed by atoms with Gasteiger partial charge in [0.25, 0.3) is 0 Å². The highest BCUT2D eigenvalue weighted by Gasteiger charge is 2.24. The van der Waals surface area contributed by atoms with E-state index in [9.17, 15) is 4.79 Å². The molecule has 0 aromatic heterocycles. The summed E-state index contributed by atoms with van der Waals surface area (Å²) in [6.07, 6.45) is 0.425. The summed E-state index contributed by atoms with van der Waals surface area (Å²) in [7, 11) is 0. The van der Waals surface area contributed by atoms with Crippen LogP contribution in [0.3, 0.4) is 0 Å². The molecular formula is C17H15ClO4. The maximum Gasteiger partial charge on any atom is 0.307 e. The van der Waals surface area contributed by atoms with E-state index < -0.39 is 5.97 Å². The van der Waals surface area contributed by atoms with Crippen molar-refractivity contribution in [1.82, 2.24) is 0 Å². The maximum absolute atomic E-state index is 11.0. The summed E-state index contributed by atoms with van der Waals surface area (Å²) in [5.74, 6) is 0.463. The van der Waals surface area contributed by atoms with Crippen molar-refractivity contribution in [3.8, 4) is 11.5 Å². The van der Waals surface area contributed by atoms with Gasteiger partial charge in [-0.05, 0) is 24.3 Å². The number of para-hydroxylation sites is 1. The van der Waals surface area contributed by atoms with E-state index in [-0.39, 0.29) is 12.5 Å². The van der Waals surface area contributed by atoms with Gasteiger partial charge in [0.2, 0.25) is 0 Å². The number of ether oxygens (including phenoxy) is 2. The first-order valence-electron chi connectivity index (χ1n) is 7.02. The van der Waals surface area contributed by atoms with Crippen molar-refractivity contribution in [1.29, 1.82) is 0 Å². The molecule has 114 valence electrons. The Morgan fingerprint density at radius 2 is 2.14 bits per heavy atom. The van der Waals surface area contributed by atoms with Crippen molar-refractivity contribution in [2.75, 3.05) is 6.61 Å². The van der Waals surface area contributed by atoms with Gasteiger partial charge in [0.1, 0.15) is 17.6 Å². The van der Waals surface area contributed by atoms with Crippen molar-refractivity contribution >= 4 is 17.6 Å². The Hall–Kier alpha value is -2.20. The van der Waals surface area contributed by atoms with Crippen LogP contribution in [-0.4, -0.2) is 17.7 Å². The van der Waals surface area contributed by atoms with Crippen molar-refractivity contribution in [2.45, 2.75) is 18.9 Å². The lowest BCUT2D eigenvalue weighted by molar-refractivity contribution is -0.136. The molecule has 1 aliphatic rings. The topological polar surface area (TPSA) is 55.8 Å². The van der Waals surface area contributed by atoms with Crippen LogP contribution in [0.2, 0.25) is 5.02 Å². The second-order valence-electron chi connectivity index (χ2n) is 5.10. The summed E-state index contributed by atoms with van der Waals surface area (Å²) in [6, 6.07) is 12.6. The molecule has 0 bridgehead atoms. The predicted molar refractivity (Wildman–Crippen MR) is 82.7 cm³/mol. The zero-order valence-electron chi connectivity index (χ0n) is 11.8. The monoisotopic (exact) mass is 318 g/mol. The molecular weight excluding hydrogens is 304 g/mol. The Bertz CT molecular complexity index is 699. The van der Waals surface area contributed by atoms with Crippen molar-refractivity contribution in [3.05, 3.63) is 58.6 Å². The van der Waals surface area contributed by atoms with Crippen LogP contribution in [0.15, 0.2) is 42.5 Å². The SMILES string of the molecule is O=C(O)Cc1ccccc1OC1CCOc2ccc(Cl)cc21. The van der Waals surface area contributed by atoms with E-state index in [0.717, 1.165) is 11.3 Å². The summed E-state index contributed by atoms with van der Waals surface area (Å²) in [4.78, 5) is 11.0. The predicted octanol–water partition coefficient (Wildman–Crippen LogP) is 3.87. The summed E-state index contributed by atoms with van der Waals surface area (Å²) < 4.78 is 11.7. The van der Waals surface area contributed by atoms with Crippen LogP contribution >= 0.6 is 11.6 Å². The fourth-order valence-corrected chi connectivity index (χ4v) is 2.72. The van der Waals surface area contributed by atoms with Gasteiger partial charge in [-0.3, -0.25) is 4.79 Å². The van der Waals surface area contributed by atoms with Crippen LogP contribution in [0.4, 0.5) is 0 Å². The maximum atomic E-state index is 11.0. The lowest BCUT2D eigenvalue weighted by Crippen LogP contribution is -2.19. The summed E-state index contributed by atoms with van der Waals surface area (Å²) >= 11 is 6.06. The molecule has 4 nitrogen and oxygen atoms in total. The van der Waals surface area contributed by atoms with Gasteiger partial charge in [0, 0.05) is 22.6 Å². The van der Waals surface area contributed by atoms with E-state index >= 15 is 0 Å². The smallest absolute Gasteiger partial charge is 0.307 e. The lowest BCUT2D eigenvalue weighted by Gasteiger charge is -2.27. The van der Waals surface area contributed by atoms with Crippen molar-refractivity contribution < 1.29 is 19.4 Å². The van der Waals surface area contributed by atoms with Gasteiger partial charge in [0.05, 0.1) is 13.0 Å². The van der Waals surface area contributed by atoms with Crippen LogP contribution in [0, 0.1) is 0 Å². The fraction of sp³-hybridized carbons (Fsp3) is 0.235. The quantitative estimate of drug-likeness (QED) is 0.929. The molecule has 2 aromatic carbocycles. The van der Waals surface area contributed by atoms with Gasteiger partial charge in [-0.2, -0.15) is 0 Å². The summed E-state index contributed by atoms with van der Waals surface area (Å²) in [5.41, 5.74) is 1.55. The first kappa shape index (κ1) is 14.7. The summed E-state index contributed by atoms with van der Waals surface area (Å²) in [5, 5.41) is 9.62. The molecule has 0 spiro atoms. The highest BCUT2D eigenvalue weighted by Crippen LogP contribution is 2.37. The third-order valence-electron chi connectivity index (χ3n) is 3.54. The van der Waals surface area contributed by atoms with Crippen molar-refractivity contribution in [2.24, 2.45) is 0 Å². The standard InChI is InChI=1S/C17H15ClO4/c18-12-5-6-15-13(10-12)16(7-8-21-15)22-14-4-2-1-3-11(14)9-17(19)20/h1-6,10,16H,7-9H2,(H,19,20). The Balaban J connectivity index is 1.89. The minimum Gasteiger partial charge on any atom is -0.493 e. The van der Waals surface area contributed by atoms with Gasteiger partial charge in [0.15, 0.2) is 0 Å². The molecule has 1 N–H and O–H groups in total. The Labute approximate surface area is 133 Å². The highest BCUT2D eigenvalue weighted by molar-refractivity contribution is 6.30. The van der Waals surface area contributed by atoms with Crippen LogP contribution in [0.25, 0.3) is 0 Å². The molecule has 2 aromatic rings. The van der Waals surface area contributed by atoms with E-state index in [4.69, 9.17) is 26.2 Å². The first-order valence-corrected chi connectivity index (χ1v) is 7.40. The van der Waals surface area contributed by atoms with Gasteiger partial charge >= 0.3 is 5.97 Å². The van der Waals surface area contributed by atoms with Gasteiger partial charge < -0.3 is 14.6 Å². The largest absolute Gasteiger partial charge is 0.493 e. The number of carboxylic acids is 1. The van der Waals surface area contributed by atoms with E-state index in [1.807, 2.05) is 18.2 Å². The Morgan fingerprint density at radius 3 is 2.95 bits per heavy atom. The van der Waals surface area contributed by atoms with Gasteiger partial charge in [-0.15, -0.1) is 0 Å². The minimum atomic E-state index is -0.883. The van der Waals surface area contributed by atoms with Gasteiger partial charge in [-0.25, -0.2) is 0 Å². The van der Waals surface area contributed by atoms with E-state index in [1.54, 1.807) is 24.3 Å². The number of carbonyl (C=O) groups is 1. The van der Waals surface area contributed by atoms with Crippen molar-refractivity contribution in [3.63, 3.8) is 0 Å². The first-order chi connectivity index (χ1) is 10.6. The molecule has 0 aliphatic carbocycles. The number of aliphatic carboxylic acids is 1. The molecule has 1 heterocycles. The zero-order valence-corrected chi connectivity index (χ0v) is 12.5. The van der Waals surface area contributed by atoms with E-state index in [1.165, 1.54) is 0 Å². The van der Waals surface area contributed by atoms with Gasteiger partial charge in [-0.1, -0.05) is 29.8 Å². The van der Waals surface area contributed by atoms with E-state index in [2.05, 4.69) is 0 Å². The molecule has 0 fully saturated rings. The zero-order chi connectivity index (χ0) is 15.5. The number of carboxylic acid groups (broad SMARTS) is 1. The molecule has 3 rings (SSSR count). The number of hydrogen-bond donors (Lipinski definition) is 1. The molecule has 22 heavy (non-hydrogen) atoms. The molecule has 1 aliphatic heterocycles. The fourth-order valence-electron chi connectivity index (χ4n) is 2.54. The third kappa shape index (κ3) is 3.17. The molecule has 0 radical (unpaired) electrons. The second kappa shape index (κ2) is 6.28. The molecule has 0 amide bonds. The number of rotatable bonds is 4. The van der Waals surface area contributed by atoms with Crippen LogP contribution in [0.1, 0.15) is 23.7 Å². The minimum absolute atomic E-state index is 0.0677. The van der Waals surface area contributed by atoms with Crippen LogP contribution in [0.5, 0.6) is 11.5 Å². The Morgan fingerprint density at radius 1 is 1.32 bits per heavy atom. The normalized spacial score (nSPS) is 16.5. The molecule has 0 saturated carbocycles. The summed E-state index contributed by atoms with van der Waals surface area (Å²) in [6.45, 7) is 0.556. The lowest BCUT2D eigenvalue weighted by atomic mass is 10.0. The molecule has 5 heteroatoms. The average molecular weight is 319 g/mol. The third-order valence-corrected chi connectivity index (χ3v) is 3.77. The number of hydrogen-bond acceptors (Lipinski definition) is 3. The molecule has 1 atom stereocenters. The highest BCUT2D eigenvalue weighted by atomic mass is 35.5. The average Bonchev–Trinajstić information content (AvgIpc) is 2.49. The number of benzene rings is 2. The molecule has 0 saturated heterocycles.